The molecule has 0 bridgehead atoms. The van der Waals surface area contributed by atoms with Gasteiger partial charge in [0.2, 0.25) is 0 Å². The number of rotatable bonds is 5. The van der Waals surface area contributed by atoms with E-state index in [9.17, 15) is 0 Å². The molecule has 0 aliphatic heterocycles. The van der Waals surface area contributed by atoms with Gasteiger partial charge >= 0.3 is 0 Å². The van der Waals surface area contributed by atoms with Gasteiger partial charge in [-0.15, -0.1) is 0 Å². The molecule has 0 spiro atoms. The Balaban J connectivity index is 2.07. The number of aliphatic imine (C=N–C) groups is 1. The van der Waals surface area contributed by atoms with Gasteiger partial charge in [-0.05, 0) is 26.8 Å². The molecule has 0 aromatic rings. The smallest absolute Gasteiger partial charge is 0.188 e. The summed E-state index contributed by atoms with van der Waals surface area (Å²) in [6.07, 6.45) is 2.70. The van der Waals surface area contributed by atoms with Crippen LogP contribution in [0.2, 0.25) is 0 Å². The Kier molecular flexibility index (Phi) is 4.02. The Morgan fingerprint density at radius 2 is 2.31 bits per heavy atom. The van der Waals surface area contributed by atoms with E-state index in [1.54, 1.807) is 0 Å². The largest absolute Gasteiger partial charge is 0.370 e. The molecule has 0 aromatic heterocycles. The Hall–Kier alpha value is -0.770. The lowest BCUT2D eigenvalue weighted by molar-refractivity contribution is 0.334. The van der Waals surface area contributed by atoms with Crippen LogP contribution in [0.4, 0.5) is 0 Å². The maximum absolute atomic E-state index is 5.58. The topological polar surface area (TPSA) is 53.6 Å². The first-order valence-corrected chi connectivity index (χ1v) is 4.98. The van der Waals surface area contributed by atoms with E-state index in [0.717, 1.165) is 25.7 Å². The third kappa shape index (κ3) is 4.12. The second kappa shape index (κ2) is 5.07. The van der Waals surface area contributed by atoms with Crippen LogP contribution < -0.4 is 11.1 Å². The molecule has 3 N–H and O–H groups in total. The van der Waals surface area contributed by atoms with E-state index in [2.05, 4.69) is 22.3 Å². The number of nitrogens with two attached hydrogens (primary N) is 1. The van der Waals surface area contributed by atoms with Gasteiger partial charge in [0, 0.05) is 19.1 Å². The highest BCUT2D eigenvalue weighted by Crippen LogP contribution is 2.24. The quantitative estimate of drug-likeness (QED) is 0.467. The van der Waals surface area contributed by atoms with Crippen LogP contribution in [0, 0.1) is 0 Å². The van der Waals surface area contributed by atoms with Crippen molar-refractivity contribution < 1.29 is 0 Å². The van der Waals surface area contributed by atoms with Gasteiger partial charge in [-0.25, -0.2) is 0 Å². The second-order valence-electron chi connectivity index (χ2n) is 3.51. The SMILES string of the molecule is CCNC(N)=NCCN(C)C1CC1. The molecule has 1 aliphatic rings. The first-order valence-electron chi connectivity index (χ1n) is 4.98. The van der Waals surface area contributed by atoms with Crippen molar-refractivity contribution in [1.29, 1.82) is 0 Å². The second-order valence-corrected chi connectivity index (χ2v) is 3.51. The number of nitrogens with zero attached hydrogens (tertiary/aromatic N) is 2. The molecular formula is C9H20N4. The molecule has 13 heavy (non-hydrogen) atoms. The highest BCUT2D eigenvalue weighted by Gasteiger charge is 2.25. The van der Waals surface area contributed by atoms with Gasteiger partial charge in [-0.2, -0.15) is 0 Å². The third-order valence-electron chi connectivity index (χ3n) is 2.26. The molecule has 0 saturated heterocycles. The summed E-state index contributed by atoms with van der Waals surface area (Å²) in [5.41, 5.74) is 5.58. The van der Waals surface area contributed by atoms with E-state index in [1.807, 2.05) is 6.92 Å². The average molecular weight is 184 g/mol. The molecule has 0 heterocycles. The van der Waals surface area contributed by atoms with Crippen molar-refractivity contribution in [3.05, 3.63) is 0 Å². The number of likely N-dealkylation sites (N-methyl/N-ethyl adjacent to an activating group) is 1. The summed E-state index contributed by atoms with van der Waals surface area (Å²) in [5, 5.41) is 2.97. The molecular weight excluding hydrogens is 164 g/mol. The van der Waals surface area contributed by atoms with Gasteiger partial charge in [0.25, 0.3) is 0 Å². The first kappa shape index (κ1) is 10.3. The van der Waals surface area contributed by atoms with E-state index < -0.39 is 0 Å². The number of nitrogens with one attached hydrogen (secondary N) is 1. The summed E-state index contributed by atoms with van der Waals surface area (Å²) < 4.78 is 0. The molecule has 76 valence electrons. The van der Waals surface area contributed by atoms with Crippen molar-refractivity contribution in [1.82, 2.24) is 10.2 Å². The van der Waals surface area contributed by atoms with Gasteiger partial charge in [0.1, 0.15) is 0 Å². The lowest BCUT2D eigenvalue weighted by Crippen LogP contribution is -2.32. The third-order valence-corrected chi connectivity index (χ3v) is 2.26. The fraction of sp³-hybridized carbons (Fsp3) is 0.889. The minimum Gasteiger partial charge on any atom is -0.370 e. The van der Waals surface area contributed by atoms with Crippen molar-refractivity contribution in [2.45, 2.75) is 25.8 Å². The van der Waals surface area contributed by atoms with Crippen molar-refractivity contribution in [2.75, 3.05) is 26.7 Å². The summed E-state index contributed by atoms with van der Waals surface area (Å²) in [7, 11) is 2.15. The zero-order valence-electron chi connectivity index (χ0n) is 8.58. The van der Waals surface area contributed by atoms with Gasteiger partial charge in [-0.3, -0.25) is 4.99 Å². The predicted molar refractivity (Wildman–Crippen MR) is 55.8 cm³/mol. The molecule has 4 heteroatoms. The summed E-state index contributed by atoms with van der Waals surface area (Å²) in [6, 6.07) is 0.815. The Labute approximate surface area is 80.2 Å². The fourth-order valence-corrected chi connectivity index (χ4v) is 1.26. The Morgan fingerprint density at radius 3 is 2.85 bits per heavy atom. The summed E-state index contributed by atoms with van der Waals surface area (Å²) in [4.78, 5) is 6.56. The highest BCUT2D eigenvalue weighted by molar-refractivity contribution is 5.77. The van der Waals surface area contributed by atoms with Crippen LogP contribution in [0.1, 0.15) is 19.8 Å². The maximum atomic E-state index is 5.58. The zero-order valence-corrected chi connectivity index (χ0v) is 8.58. The van der Waals surface area contributed by atoms with Crippen LogP contribution in [-0.4, -0.2) is 43.6 Å². The van der Waals surface area contributed by atoms with E-state index >= 15 is 0 Å². The summed E-state index contributed by atoms with van der Waals surface area (Å²) >= 11 is 0. The van der Waals surface area contributed by atoms with Crippen LogP contribution in [-0.2, 0) is 0 Å². The Morgan fingerprint density at radius 1 is 1.62 bits per heavy atom. The van der Waals surface area contributed by atoms with Gasteiger partial charge in [-0.1, -0.05) is 0 Å². The predicted octanol–water partition coefficient (Wildman–Crippen LogP) is 0.00480. The first-order chi connectivity index (χ1) is 6.24. The Bertz CT molecular complexity index is 174. The van der Waals surface area contributed by atoms with E-state index in [-0.39, 0.29) is 0 Å². The minimum absolute atomic E-state index is 0.562. The van der Waals surface area contributed by atoms with Gasteiger partial charge in [0.15, 0.2) is 5.96 Å². The lowest BCUT2D eigenvalue weighted by atomic mass is 10.5. The van der Waals surface area contributed by atoms with Crippen LogP contribution in [0.15, 0.2) is 4.99 Å². The molecule has 1 aliphatic carbocycles. The van der Waals surface area contributed by atoms with Crippen molar-refractivity contribution in [3.8, 4) is 0 Å². The van der Waals surface area contributed by atoms with Gasteiger partial charge in [0.05, 0.1) is 6.54 Å². The highest BCUT2D eigenvalue weighted by atomic mass is 15.2. The van der Waals surface area contributed by atoms with Crippen LogP contribution in [0.3, 0.4) is 0 Å². The lowest BCUT2D eigenvalue weighted by Gasteiger charge is -2.13. The van der Waals surface area contributed by atoms with Crippen molar-refractivity contribution in [3.63, 3.8) is 0 Å². The van der Waals surface area contributed by atoms with E-state index in [0.29, 0.717) is 5.96 Å². The average Bonchev–Trinajstić information content (AvgIpc) is 2.86. The number of guanidine groups is 1. The molecule has 4 nitrogen and oxygen atoms in total. The van der Waals surface area contributed by atoms with E-state index in [1.165, 1.54) is 12.8 Å². The monoisotopic (exact) mass is 184 g/mol. The molecule has 1 rings (SSSR count). The molecule has 1 saturated carbocycles. The summed E-state index contributed by atoms with van der Waals surface area (Å²) in [6.45, 7) is 4.66. The van der Waals surface area contributed by atoms with Crippen LogP contribution in [0.5, 0.6) is 0 Å². The zero-order chi connectivity index (χ0) is 9.68. The van der Waals surface area contributed by atoms with Crippen LogP contribution >= 0.6 is 0 Å². The van der Waals surface area contributed by atoms with Gasteiger partial charge < -0.3 is 16.0 Å². The number of hydrogen-bond acceptors (Lipinski definition) is 2. The standard InChI is InChI=1S/C9H20N4/c1-3-11-9(10)12-6-7-13(2)8-4-5-8/h8H,3-7H2,1-2H3,(H3,10,11,12). The maximum Gasteiger partial charge on any atom is 0.188 e. The molecule has 1 fully saturated rings. The molecule has 0 radical (unpaired) electrons. The minimum atomic E-state index is 0.562. The normalized spacial score (nSPS) is 17.9. The molecule has 0 unspecified atom stereocenters. The van der Waals surface area contributed by atoms with Crippen molar-refractivity contribution >= 4 is 5.96 Å². The van der Waals surface area contributed by atoms with Crippen molar-refractivity contribution in [2.24, 2.45) is 10.7 Å². The number of hydrogen-bond donors (Lipinski definition) is 2. The molecule has 0 amide bonds. The molecule has 0 aromatic carbocycles. The van der Waals surface area contributed by atoms with Crippen LogP contribution in [0.25, 0.3) is 0 Å². The fourth-order valence-electron chi connectivity index (χ4n) is 1.26. The summed E-state index contributed by atoms with van der Waals surface area (Å²) in [5.74, 6) is 0.562. The van der Waals surface area contributed by atoms with E-state index in [4.69, 9.17) is 5.73 Å². The molecule has 0 atom stereocenters.